The van der Waals surface area contributed by atoms with Crippen LogP contribution in [0.15, 0.2) is 0 Å². The first kappa shape index (κ1) is 8.36. The summed E-state index contributed by atoms with van der Waals surface area (Å²) in [5.41, 5.74) is -0.694. The third-order valence-corrected chi connectivity index (χ3v) is 3.90. The van der Waals surface area contributed by atoms with Crippen LogP contribution in [0.1, 0.15) is 33.1 Å². The molecule has 3 heteroatoms. The number of carbonyl (C=O) groups excluding carboxylic acids is 1. The second-order valence-corrected chi connectivity index (χ2v) is 4.96. The van der Waals surface area contributed by atoms with Crippen molar-refractivity contribution in [1.29, 1.82) is 0 Å². The van der Waals surface area contributed by atoms with Gasteiger partial charge in [-0.25, -0.2) is 0 Å². The third kappa shape index (κ3) is 0.905. The average molecular weight is 189 g/mol. The molecule has 68 valence electrons. The van der Waals surface area contributed by atoms with Crippen LogP contribution in [0, 0.1) is 5.41 Å². The van der Waals surface area contributed by atoms with Crippen molar-refractivity contribution in [2.75, 3.05) is 0 Å². The first-order valence-electron chi connectivity index (χ1n) is 4.34. The number of hydrogen-bond acceptors (Lipinski definition) is 2. The standard InChI is InChI=1S/C9H13ClO2/c1-8-3-4-9(2,6(10)5-8)12-7(8)11/h6H,3-5H2,1-2H3/t6-,8-,9+/m1/s1. The van der Waals surface area contributed by atoms with Crippen LogP contribution >= 0.6 is 11.6 Å². The Hall–Kier alpha value is -0.240. The number of carbonyl (C=O) groups is 1. The van der Waals surface area contributed by atoms with E-state index in [-0.39, 0.29) is 16.8 Å². The molecule has 0 aromatic rings. The van der Waals surface area contributed by atoms with Crippen LogP contribution in [0.4, 0.5) is 0 Å². The zero-order valence-electron chi connectivity index (χ0n) is 7.39. The molecule has 3 aliphatic rings. The quantitative estimate of drug-likeness (QED) is 0.430. The van der Waals surface area contributed by atoms with Crippen LogP contribution in [-0.2, 0) is 9.53 Å². The summed E-state index contributed by atoms with van der Waals surface area (Å²) in [6, 6.07) is 0. The molecule has 0 N–H and O–H groups in total. The maximum Gasteiger partial charge on any atom is 0.312 e. The van der Waals surface area contributed by atoms with E-state index in [0.717, 1.165) is 19.3 Å². The summed E-state index contributed by atoms with van der Waals surface area (Å²) in [4.78, 5) is 11.4. The summed E-state index contributed by atoms with van der Waals surface area (Å²) in [5.74, 6) is -0.0619. The minimum atomic E-state index is -0.392. The zero-order chi connectivity index (χ0) is 8.98. The molecule has 3 rings (SSSR count). The predicted octanol–water partition coefficient (Wildman–Crippen LogP) is 2.10. The fourth-order valence-corrected chi connectivity index (χ4v) is 2.52. The molecule has 0 amide bonds. The Labute approximate surface area is 77.2 Å². The number of esters is 1. The van der Waals surface area contributed by atoms with Gasteiger partial charge in [0.2, 0.25) is 0 Å². The molecule has 2 heterocycles. The second-order valence-electron chi connectivity index (χ2n) is 4.43. The van der Waals surface area contributed by atoms with Gasteiger partial charge < -0.3 is 4.74 Å². The Morgan fingerprint density at radius 2 is 2.17 bits per heavy atom. The lowest BCUT2D eigenvalue weighted by molar-refractivity contribution is -0.196. The Kier molecular flexibility index (Phi) is 1.51. The lowest BCUT2D eigenvalue weighted by Crippen LogP contribution is -2.57. The fraction of sp³-hybridized carbons (Fsp3) is 0.889. The molecule has 2 bridgehead atoms. The molecule has 0 radical (unpaired) electrons. The minimum absolute atomic E-state index is 0.00560. The van der Waals surface area contributed by atoms with Gasteiger partial charge in [0, 0.05) is 0 Å². The molecular formula is C9H13ClO2. The van der Waals surface area contributed by atoms with E-state index in [2.05, 4.69) is 0 Å². The van der Waals surface area contributed by atoms with E-state index in [1.807, 2.05) is 13.8 Å². The monoisotopic (exact) mass is 188 g/mol. The first-order valence-corrected chi connectivity index (χ1v) is 4.77. The summed E-state index contributed by atoms with van der Waals surface area (Å²) in [5, 5.41) is -0.00560. The molecule has 2 aliphatic heterocycles. The van der Waals surface area contributed by atoms with Crippen molar-refractivity contribution in [3.8, 4) is 0 Å². The minimum Gasteiger partial charge on any atom is -0.457 e. The highest BCUT2D eigenvalue weighted by Crippen LogP contribution is 2.51. The zero-order valence-corrected chi connectivity index (χ0v) is 8.15. The van der Waals surface area contributed by atoms with Gasteiger partial charge in [-0.05, 0) is 33.1 Å². The smallest absolute Gasteiger partial charge is 0.312 e. The van der Waals surface area contributed by atoms with Crippen LogP contribution < -0.4 is 0 Å². The fourth-order valence-electron chi connectivity index (χ4n) is 2.03. The summed E-state index contributed by atoms with van der Waals surface area (Å²) < 4.78 is 5.32. The second kappa shape index (κ2) is 2.16. The van der Waals surface area contributed by atoms with Crippen molar-refractivity contribution in [2.24, 2.45) is 5.41 Å². The largest absolute Gasteiger partial charge is 0.457 e. The van der Waals surface area contributed by atoms with Gasteiger partial charge in [0.15, 0.2) is 0 Å². The molecule has 2 nitrogen and oxygen atoms in total. The molecule has 0 unspecified atom stereocenters. The van der Waals surface area contributed by atoms with Gasteiger partial charge in [-0.3, -0.25) is 4.79 Å². The summed E-state index contributed by atoms with van der Waals surface area (Å²) in [7, 11) is 0. The van der Waals surface area contributed by atoms with Gasteiger partial charge in [-0.2, -0.15) is 0 Å². The van der Waals surface area contributed by atoms with Crippen molar-refractivity contribution in [3.63, 3.8) is 0 Å². The Morgan fingerprint density at radius 3 is 2.58 bits per heavy atom. The SMILES string of the molecule is C[C@]12CC[C@](C)(OC1=O)[C@H](Cl)C2. The summed E-state index contributed by atoms with van der Waals surface area (Å²) in [6.45, 7) is 3.88. The van der Waals surface area contributed by atoms with E-state index < -0.39 is 5.60 Å². The van der Waals surface area contributed by atoms with E-state index in [0.29, 0.717) is 0 Å². The van der Waals surface area contributed by atoms with Gasteiger partial charge in [0.1, 0.15) is 5.60 Å². The Balaban J connectivity index is 2.33. The van der Waals surface area contributed by atoms with Gasteiger partial charge >= 0.3 is 5.97 Å². The van der Waals surface area contributed by atoms with Crippen LogP contribution in [0.5, 0.6) is 0 Å². The number of ether oxygens (including phenoxy) is 1. The lowest BCUT2D eigenvalue weighted by atomic mass is 9.67. The maximum absolute atomic E-state index is 11.4. The van der Waals surface area contributed by atoms with E-state index in [1.54, 1.807) is 0 Å². The molecule has 0 aromatic carbocycles. The van der Waals surface area contributed by atoms with Crippen LogP contribution in [-0.4, -0.2) is 16.9 Å². The molecule has 12 heavy (non-hydrogen) atoms. The van der Waals surface area contributed by atoms with E-state index in [1.165, 1.54) is 0 Å². The van der Waals surface area contributed by atoms with Crippen molar-refractivity contribution in [2.45, 2.75) is 44.1 Å². The van der Waals surface area contributed by atoms with Crippen molar-refractivity contribution in [1.82, 2.24) is 0 Å². The average Bonchev–Trinajstić information content (AvgIpc) is 1.96. The van der Waals surface area contributed by atoms with Crippen molar-refractivity contribution < 1.29 is 9.53 Å². The Bertz CT molecular complexity index is 241. The highest BCUT2D eigenvalue weighted by Gasteiger charge is 2.56. The molecule has 1 saturated carbocycles. The van der Waals surface area contributed by atoms with Crippen molar-refractivity contribution >= 4 is 17.6 Å². The van der Waals surface area contributed by atoms with Gasteiger partial charge in [-0.15, -0.1) is 11.6 Å². The van der Waals surface area contributed by atoms with Gasteiger partial charge in [0.25, 0.3) is 0 Å². The maximum atomic E-state index is 11.4. The highest BCUT2D eigenvalue weighted by atomic mass is 35.5. The molecule has 3 atom stereocenters. The van der Waals surface area contributed by atoms with E-state index in [4.69, 9.17) is 16.3 Å². The molecule has 0 aromatic heterocycles. The summed E-state index contributed by atoms with van der Waals surface area (Å²) in [6.07, 6.45) is 2.60. The van der Waals surface area contributed by atoms with Crippen LogP contribution in [0.3, 0.4) is 0 Å². The number of hydrogen-bond donors (Lipinski definition) is 0. The predicted molar refractivity (Wildman–Crippen MR) is 46.1 cm³/mol. The van der Waals surface area contributed by atoms with Crippen LogP contribution in [0.25, 0.3) is 0 Å². The highest BCUT2D eigenvalue weighted by molar-refractivity contribution is 6.22. The van der Waals surface area contributed by atoms with E-state index in [9.17, 15) is 4.79 Å². The molecule has 1 aliphatic carbocycles. The molecular weight excluding hydrogens is 176 g/mol. The molecule has 3 fully saturated rings. The number of fused-ring (bicyclic) bond motifs is 3. The van der Waals surface area contributed by atoms with Gasteiger partial charge in [0.05, 0.1) is 10.8 Å². The number of alkyl halides is 1. The summed E-state index contributed by atoms with van der Waals surface area (Å²) >= 11 is 6.13. The number of halogens is 1. The normalized spacial score (nSPS) is 52.2. The van der Waals surface area contributed by atoms with E-state index >= 15 is 0 Å². The molecule has 2 saturated heterocycles. The molecule has 0 spiro atoms. The Morgan fingerprint density at radius 1 is 1.50 bits per heavy atom. The first-order chi connectivity index (χ1) is 5.46. The van der Waals surface area contributed by atoms with Crippen molar-refractivity contribution in [3.05, 3.63) is 0 Å². The lowest BCUT2D eigenvalue weighted by Gasteiger charge is -2.51. The van der Waals surface area contributed by atoms with Gasteiger partial charge in [-0.1, -0.05) is 0 Å². The van der Waals surface area contributed by atoms with Crippen LogP contribution in [0.2, 0.25) is 0 Å². The topological polar surface area (TPSA) is 26.3 Å². The third-order valence-electron chi connectivity index (χ3n) is 3.28. The number of rotatable bonds is 0.